The molecule has 1 atom stereocenters. The van der Waals surface area contributed by atoms with Crippen molar-refractivity contribution in [1.29, 1.82) is 0 Å². The number of carbonyl (C=O) groups is 1. The predicted molar refractivity (Wildman–Crippen MR) is 116 cm³/mol. The lowest BCUT2D eigenvalue weighted by atomic mass is 9.97. The zero-order chi connectivity index (χ0) is 20.4. The molecule has 1 unspecified atom stereocenters. The maximum Gasteiger partial charge on any atom is 0.303 e. The van der Waals surface area contributed by atoms with E-state index >= 15 is 0 Å². The molecule has 5 nitrogen and oxygen atoms in total. The van der Waals surface area contributed by atoms with Gasteiger partial charge in [-0.25, -0.2) is 9.97 Å². The van der Waals surface area contributed by atoms with Crippen molar-refractivity contribution in [2.24, 2.45) is 5.92 Å². The number of carboxylic acid groups (broad SMARTS) is 1. The van der Waals surface area contributed by atoms with E-state index < -0.39 is 5.97 Å². The number of hydrogen-bond donors (Lipinski definition) is 2. The van der Waals surface area contributed by atoms with E-state index in [1.165, 1.54) is 12.0 Å². The second-order valence-electron chi connectivity index (χ2n) is 7.00. The first-order valence-corrected chi connectivity index (χ1v) is 11.4. The van der Waals surface area contributed by atoms with Crippen LogP contribution in [0.5, 0.6) is 0 Å². The highest BCUT2D eigenvalue weighted by atomic mass is 32.1. The minimum absolute atomic E-state index is 0.176. The number of nitrogens with zero attached hydrogens (tertiary/aromatic N) is 2. The normalized spacial score (nSPS) is 13.7. The minimum atomic E-state index is -0.723. The van der Waals surface area contributed by atoms with Crippen LogP contribution in [-0.4, -0.2) is 27.6 Å². The third-order valence-corrected chi connectivity index (χ3v) is 5.87. The lowest BCUT2D eigenvalue weighted by Crippen LogP contribution is -2.14. The Morgan fingerprint density at radius 3 is 2.82 bits per heavy atom. The van der Waals surface area contributed by atoms with Gasteiger partial charge in [0, 0.05) is 24.0 Å². The summed E-state index contributed by atoms with van der Waals surface area (Å²) in [6.07, 6.45) is 7.11. The maximum atomic E-state index is 10.9. The third-order valence-electron chi connectivity index (χ3n) is 4.91. The molecule has 2 N–H and O–H groups in total. The molecule has 3 heterocycles. The quantitative estimate of drug-likeness (QED) is 0.606. The summed E-state index contributed by atoms with van der Waals surface area (Å²) < 4.78 is 0. The molecule has 3 rings (SSSR count). The Labute approximate surface area is 172 Å². The maximum absolute atomic E-state index is 10.9. The average Bonchev–Trinajstić information content (AvgIpc) is 3.16. The van der Waals surface area contributed by atoms with Crippen LogP contribution >= 0.6 is 11.3 Å². The Morgan fingerprint density at radius 1 is 1.25 bits per heavy atom. The summed E-state index contributed by atoms with van der Waals surface area (Å²) in [4.78, 5) is 20.3. The van der Waals surface area contributed by atoms with Gasteiger partial charge >= 0.3 is 5.97 Å². The smallest absolute Gasteiger partial charge is 0.303 e. The number of anilines is 1. The van der Waals surface area contributed by atoms with E-state index in [2.05, 4.69) is 22.8 Å². The van der Waals surface area contributed by atoms with Gasteiger partial charge in [-0.3, -0.25) is 4.79 Å². The molecule has 0 aromatic carbocycles. The minimum Gasteiger partial charge on any atom is -0.481 e. The van der Waals surface area contributed by atoms with Gasteiger partial charge < -0.3 is 10.4 Å². The van der Waals surface area contributed by atoms with Crippen molar-refractivity contribution >= 4 is 23.1 Å². The standard InChI is InChI=1S/C20H27N3O2S.C2H6/c1-2-14(12-19(24)25)11-17-13-26-18(22-17)7-3-6-16-9-8-15-5-4-10-21-20(15)23-16;1-2/h8-9,13-14H,2-7,10-12H2,1H3,(H,21,23)(H,24,25);1-2H3. The summed E-state index contributed by atoms with van der Waals surface area (Å²) in [7, 11) is 0. The highest BCUT2D eigenvalue weighted by Gasteiger charge is 2.14. The number of aromatic nitrogens is 2. The SMILES string of the molecule is CC.CCC(CC(=O)O)Cc1csc(CCCc2ccc3c(n2)NCCC3)n1. The number of hydrogen-bond acceptors (Lipinski definition) is 5. The number of pyridine rings is 1. The van der Waals surface area contributed by atoms with Gasteiger partial charge in [-0.1, -0.05) is 33.3 Å². The van der Waals surface area contributed by atoms with E-state index in [1.54, 1.807) is 11.3 Å². The molecule has 0 fully saturated rings. The zero-order valence-corrected chi connectivity index (χ0v) is 18.1. The average molecular weight is 404 g/mol. The predicted octanol–water partition coefficient (Wildman–Crippen LogP) is 5.14. The fourth-order valence-corrected chi connectivity index (χ4v) is 4.24. The van der Waals surface area contributed by atoms with Crippen molar-refractivity contribution in [1.82, 2.24) is 9.97 Å². The van der Waals surface area contributed by atoms with E-state index in [-0.39, 0.29) is 12.3 Å². The van der Waals surface area contributed by atoms with Crippen LogP contribution in [0, 0.1) is 5.92 Å². The number of aryl methyl sites for hydroxylation is 3. The van der Waals surface area contributed by atoms with Gasteiger partial charge in [-0.15, -0.1) is 11.3 Å². The fraction of sp³-hybridized carbons (Fsp3) is 0.591. The first-order chi connectivity index (χ1) is 13.6. The van der Waals surface area contributed by atoms with Gasteiger partial charge in [-0.2, -0.15) is 0 Å². The van der Waals surface area contributed by atoms with Gasteiger partial charge in [0.2, 0.25) is 0 Å². The summed E-state index contributed by atoms with van der Waals surface area (Å²) >= 11 is 1.69. The molecule has 0 saturated carbocycles. The number of fused-ring (bicyclic) bond motifs is 1. The van der Waals surface area contributed by atoms with Crippen LogP contribution in [0.1, 0.15) is 68.4 Å². The van der Waals surface area contributed by atoms with E-state index in [1.807, 2.05) is 20.8 Å². The first-order valence-electron chi connectivity index (χ1n) is 10.5. The number of thiazole rings is 1. The Kier molecular flexibility index (Phi) is 9.41. The van der Waals surface area contributed by atoms with Gasteiger partial charge in [0.25, 0.3) is 0 Å². The monoisotopic (exact) mass is 403 g/mol. The zero-order valence-electron chi connectivity index (χ0n) is 17.3. The van der Waals surface area contributed by atoms with Crippen LogP contribution in [0.3, 0.4) is 0 Å². The number of aliphatic carboxylic acids is 1. The number of carboxylic acids is 1. The van der Waals surface area contributed by atoms with Crippen LogP contribution in [0.2, 0.25) is 0 Å². The molecular weight excluding hydrogens is 370 g/mol. The molecule has 2 aromatic heterocycles. The van der Waals surface area contributed by atoms with Gasteiger partial charge in [0.1, 0.15) is 5.82 Å². The molecule has 0 bridgehead atoms. The fourth-order valence-electron chi connectivity index (χ4n) is 3.39. The molecule has 1 aliphatic rings. The molecule has 0 radical (unpaired) electrons. The van der Waals surface area contributed by atoms with Crippen LogP contribution in [0.25, 0.3) is 0 Å². The van der Waals surface area contributed by atoms with E-state index in [0.29, 0.717) is 0 Å². The largest absolute Gasteiger partial charge is 0.481 e. The summed E-state index contributed by atoms with van der Waals surface area (Å²) in [6, 6.07) is 4.36. The third kappa shape index (κ3) is 6.89. The molecule has 0 spiro atoms. The molecule has 0 aliphatic carbocycles. The van der Waals surface area contributed by atoms with Crippen molar-refractivity contribution in [2.75, 3.05) is 11.9 Å². The van der Waals surface area contributed by atoms with E-state index in [0.717, 1.165) is 67.3 Å². The Balaban J connectivity index is 0.00000136. The summed E-state index contributed by atoms with van der Waals surface area (Å²) in [6.45, 7) is 7.06. The molecule has 6 heteroatoms. The number of nitrogens with one attached hydrogen (secondary N) is 1. The van der Waals surface area contributed by atoms with Crippen molar-refractivity contribution in [3.63, 3.8) is 0 Å². The molecular formula is C22H33N3O2S. The summed E-state index contributed by atoms with van der Waals surface area (Å²) in [5, 5.41) is 15.6. The second-order valence-corrected chi connectivity index (χ2v) is 7.95. The summed E-state index contributed by atoms with van der Waals surface area (Å²) in [5.41, 5.74) is 3.51. The van der Waals surface area contributed by atoms with E-state index in [4.69, 9.17) is 15.1 Å². The molecule has 0 saturated heterocycles. The highest BCUT2D eigenvalue weighted by Crippen LogP contribution is 2.22. The van der Waals surface area contributed by atoms with Crippen LogP contribution in [0.4, 0.5) is 5.82 Å². The molecule has 154 valence electrons. The lowest BCUT2D eigenvalue weighted by Gasteiger charge is -2.17. The van der Waals surface area contributed by atoms with Gasteiger partial charge in [0.05, 0.1) is 10.7 Å². The van der Waals surface area contributed by atoms with Crippen molar-refractivity contribution < 1.29 is 9.90 Å². The molecule has 0 amide bonds. The van der Waals surface area contributed by atoms with Crippen LogP contribution in [-0.2, 0) is 30.5 Å². The van der Waals surface area contributed by atoms with Crippen molar-refractivity contribution in [3.8, 4) is 0 Å². The van der Waals surface area contributed by atoms with E-state index in [9.17, 15) is 4.79 Å². The topological polar surface area (TPSA) is 75.1 Å². The Hall–Kier alpha value is -1.95. The second kappa shape index (κ2) is 11.8. The first kappa shape index (κ1) is 22.3. The lowest BCUT2D eigenvalue weighted by molar-refractivity contribution is -0.138. The van der Waals surface area contributed by atoms with Crippen LogP contribution < -0.4 is 5.32 Å². The Morgan fingerprint density at radius 2 is 2.07 bits per heavy atom. The van der Waals surface area contributed by atoms with Crippen molar-refractivity contribution in [2.45, 2.75) is 72.1 Å². The van der Waals surface area contributed by atoms with Gasteiger partial charge in [0.15, 0.2) is 0 Å². The van der Waals surface area contributed by atoms with Crippen LogP contribution in [0.15, 0.2) is 17.5 Å². The highest BCUT2D eigenvalue weighted by molar-refractivity contribution is 7.09. The molecule has 1 aliphatic heterocycles. The summed E-state index contributed by atoms with van der Waals surface area (Å²) in [5.74, 6) is 0.517. The van der Waals surface area contributed by atoms with Gasteiger partial charge in [-0.05, 0) is 56.1 Å². The van der Waals surface area contributed by atoms with Crippen molar-refractivity contribution in [3.05, 3.63) is 39.5 Å². The number of rotatable bonds is 9. The molecule has 28 heavy (non-hydrogen) atoms. The Bertz CT molecular complexity index is 745. The molecule has 2 aromatic rings.